The summed E-state index contributed by atoms with van der Waals surface area (Å²) < 4.78 is 8.80. The lowest BCUT2D eigenvalue weighted by atomic mass is 10.3. The molecule has 0 bridgehead atoms. The Morgan fingerprint density at radius 1 is 1.91 bits per heavy atom. The minimum absolute atomic E-state index is 0.0958. The summed E-state index contributed by atoms with van der Waals surface area (Å²) in [5, 5.41) is 8.22. The average molecular weight is 155 g/mol. The second-order valence-electron chi connectivity index (χ2n) is 1.71. The molecule has 0 saturated heterocycles. The first-order chi connectivity index (χ1) is 5.24. The number of rotatable bonds is 3. The van der Waals surface area contributed by atoms with Crippen LogP contribution in [0, 0.1) is 11.3 Å². The van der Waals surface area contributed by atoms with Crippen LogP contribution >= 0.6 is 0 Å². The summed E-state index contributed by atoms with van der Waals surface area (Å²) in [6, 6.07) is 1.84. The van der Waals surface area contributed by atoms with Crippen LogP contribution in [0.2, 0.25) is 0 Å². The summed E-state index contributed by atoms with van der Waals surface area (Å²) in [6.45, 7) is 3.38. The highest BCUT2D eigenvalue weighted by molar-refractivity contribution is 5.60. The molecule has 0 saturated carbocycles. The smallest absolute Gasteiger partial charge is 0.438 e. The maximum Gasteiger partial charge on any atom is 0.508 e. The Balaban J connectivity index is 3.79. The fraction of sp³-hybridized carbons (Fsp3) is 0.429. The summed E-state index contributed by atoms with van der Waals surface area (Å²) in [5.74, 6) is 0. The van der Waals surface area contributed by atoms with Gasteiger partial charge >= 0.3 is 6.16 Å². The van der Waals surface area contributed by atoms with Crippen molar-refractivity contribution < 1.29 is 14.3 Å². The van der Waals surface area contributed by atoms with Gasteiger partial charge in [0.1, 0.15) is 6.10 Å². The van der Waals surface area contributed by atoms with Crippen molar-refractivity contribution in [1.29, 1.82) is 5.26 Å². The third-order valence-electron chi connectivity index (χ3n) is 0.970. The van der Waals surface area contributed by atoms with E-state index in [1.807, 2.05) is 6.07 Å². The summed E-state index contributed by atoms with van der Waals surface area (Å²) >= 11 is 0. The molecule has 0 aliphatic carbocycles. The van der Waals surface area contributed by atoms with Crippen molar-refractivity contribution in [2.75, 3.05) is 7.11 Å². The van der Waals surface area contributed by atoms with E-state index < -0.39 is 12.3 Å². The normalized spacial score (nSPS) is 10.9. The van der Waals surface area contributed by atoms with Crippen LogP contribution < -0.4 is 0 Å². The van der Waals surface area contributed by atoms with Crippen molar-refractivity contribution in [2.24, 2.45) is 0 Å². The van der Waals surface area contributed by atoms with E-state index in [0.717, 1.165) is 0 Å². The van der Waals surface area contributed by atoms with Crippen molar-refractivity contribution in [3.63, 3.8) is 0 Å². The minimum atomic E-state index is -0.801. The lowest BCUT2D eigenvalue weighted by Gasteiger charge is -2.07. The van der Waals surface area contributed by atoms with Gasteiger partial charge in [0.2, 0.25) is 0 Å². The molecule has 0 aromatic rings. The Morgan fingerprint density at radius 2 is 2.55 bits per heavy atom. The molecule has 4 nitrogen and oxygen atoms in total. The highest BCUT2D eigenvalue weighted by Gasteiger charge is 2.09. The number of ether oxygens (including phenoxy) is 2. The molecule has 60 valence electrons. The second-order valence-corrected chi connectivity index (χ2v) is 1.71. The Morgan fingerprint density at radius 3 is 2.91 bits per heavy atom. The zero-order valence-corrected chi connectivity index (χ0v) is 6.24. The largest absolute Gasteiger partial charge is 0.508 e. The van der Waals surface area contributed by atoms with E-state index in [2.05, 4.69) is 16.1 Å². The van der Waals surface area contributed by atoms with Crippen molar-refractivity contribution in [3.05, 3.63) is 12.7 Å². The van der Waals surface area contributed by atoms with Gasteiger partial charge in [0.25, 0.3) is 0 Å². The first kappa shape index (κ1) is 9.50. The Hall–Kier alpha value is -1.50. The van der Waals surface area contributed by atoms with Gasteiger partial charge in [0, 0.05) is 0 Å². The molecule has 0 rings (SSSR count). The molecule has 1 atom stereocenters. The number of hydrogen-bond donors (Lipinski definition) is 0. The van der Waals surface area contributed by atoms with E-state index >= 15 is 0 Å². The van der Waals surface area contributed by atoms with Crippen LogP contribution in [0.3, 0.4) is 0 Å². The predicted molar refractivity (Wildman–Crippen MR) is 37.7 cm³/mol. The summed E-state index contributed by atoms with van der Waals surface area (Å²) in [7, 11) is 1.20. The average Bonchev–Trinajstić information content (AvgIpc) is 2.03. The molecule has 0 aromatic heterocycles. The summed E-state index contributed by atoms with van der Waals surface area (Å²) in [6.07, 6.45) is 0.0937. The molecular weight excluding hydrogens is 146 g/mol. The van der Waals surface area contributed by atoms with Crippen LogP contribution in [0.4, 0.5) is 4.79 Å². The van der Waals surface area contributed by atoms with Gasteiger partial charge in [-0.25, -0.2) is 4.79 Å². The van der Waals surface area contributed by atoms with E-state index in [9.17, 15) is 4.79 Å². The number of nitrogens with zero attached hydrogens (tertiary/aromatic N) is 1. The second kappa shape index (κ2) is 5.30. The monoisotopic (exact) mass is 155 g/mol. The van der Waals surface area contributed by atoms with Gasteiger partial charge in [0.15, 0.2) is 0 Å². The first-order valence-electron chi connectivity index (χ1n) is 2.98. The van der Waals surface area contributed by atoms with Gasteiger partial charge in [-0.2, -0.15) is 5.26 Å². The molecule has 4 heteroatoms. The van der Waals surface area contributed by atoms with Crippen LogP contribution in [0.15, 0.2) is 12.7 Å². The quantitative estimate of drug-likeness (QED) is 0.454. The molecule has 0 aliphatic rings. The molecule has 0 heterocycles. The molecule has 0 aromatic carbocycles. The zero-order chi connectivity index (χ0) is 8.69. The molecule has 0 amide bonds. The molecule has 11 heavy (non-hydrogen) atoms. The fourth-order valence-corrected chi connectivity index (χ4v) is 0.435. The minimum Gasteiger partial charge on any atom is -0.438 e. The van der Waals surface area contributed by atoms with E-state index in [-0.39, 0.29) is 6.42 Å². The van der Waals surface area contributed by atoms with Gasteiger partial charge in [0.05, 0.1) is 19.6 Å². The van der Waals surface area contributed by atoms with Crippen LogP contribution in [-0.4, -0.2) is 19.4 Å². The number of carbonyl (C=O) groups is 1. The maximum absolute atomic E-state index is 10.5. The Kier molecular flexibility index (Phi) is 4.58. The lowest BCUT2D eigenvalue weighted by Crippen LogP contribution is -2.14. The van der Waals surface area contributed by atoms with Crippen LogP contribution in [-0.2, 0) is 9.47 Å². The van der Waals surface area contributed by atoms with Crippen LogP contribution in [0.25, 0.3) is 0 Å². The van der Waals surface area contributed by atoms with Gasteiger partial charge in [-0.3, -0.25) is 0 Å². The number of nitriles is 1. The number of methoxy groups -OCH3 is 1. The van der Waals surface area contributed by atoms with Crippen LogP contribution in [0.5, 0.6) is 0 Å². The standard InChI is InChI=1S/C7H9NO3/c1-3-6(4-5-8)11-7(9)10-2/h3,6H,1,4H2,2H3. The SMILES string of the molecule is C=CC(CC#N)OC(=O)OC. The van der Waals surface area contributed by atoms with E-state index in [0.29, 0.717) is 0 Å². The van der Waals surface area contributed by atoms with E-state index in [4.69, 9.17) is 5.26 Å². The van der Waals surface area contributed by atoms with Crippen molar-refractivity contribution in [1.82, 2.24) is 0 Å². The number of hydrogen-bond acceptors (Lipinski definition) is 4. The molecular formula is C7H9NO3. The van der Waals surface area contributed by atoms with Gasteiger partial charge in [-0.05, 0) is 0 Å². The maximum atomic E-state index is 10.5. The van der Waals surface area contributed by atoms with E-state index in [1.54, 1.807) is 0 Å². The lowest BCUT2D eigenvalue weighted by molar-refractivity contribution is 0.0540. The highest BCUT2D eigenvalue weighted by atomic mass is 16.7. The summed E-state index contributed by atoms with van der Waals surface area (Å²) in [5.41, 5.74) is 0. The van der Waals surface area contributed by atoms with Crippen molar-refractivity contribution >= 4 is 6.16 Å². The highest BCUT2D eigenvalue weighted by Crippen LogP contribution is 1.99. The fourth-order valence-electron chi connectivity index (χ4n) is 0.435. The predicted octanol–water partition coefficient (Wildman–Crippen LogP) is 1.24. The molecule has 0 radical (unpaired) electrons. The van der Waals surface area contributed by atoms with Gasteiger partial charge in [-0.1, -0.05) is 12.7 Å². The molecule has 1 unspecified atom stereocenters. The Labute approximate surface area is 65.0 Å². The van der Waals surface area contributed by atoms with Gasteiger partial charge in [-0.15, -0.1) is 0 Å². The zero-order valence-electron chi connectivity index (χ0n) is 6.24. The van der Waals surface area contributed by atoms with Crippen molar-refractivity contribution in [3.8, 4) is 6.07 Å². The van der Waals surface area contributed by atoms with E-state index in [1.165, 1.54) is 13.2 Å². The van der Waals surface area contributed by atoms with Gasteiger partial charge < -0.3 is 9.47 Å². The topological polar surface area (TPSA) is 59.3 Å². The third-order valence-corrected chi connectivity index (χ3v) is 0.970. The Bertz CT molecular complexity index is 183. The molecule has 0 aliphatic heterocycles. The first-order valence-corrected chi connectivity index (χ1v) is 2.98. The molecule has 0 fully saturated rings. The van der Waals surface area contributed by atoms with Crippen molar-refractivity contribution in [2.45, 2.75) is 12.5 Å². The molecule has 0 N–H and O–H groups in total. The summed E-state index contributed by atoms with van der Waals surface area (Å²) in [4.78, 5) is 10.5. The van der Waals surface area contributed by atoms with Crippen LogP contribution in [0.1, 0.15) is 6.42 Å². The third kappa shape index (κ3) is 3.98. The number of carbonyl (C=O) groups excluding carboxylic acids is 1. The molecule has 0 spiro atoms.